The number of aryl methyl sites for hydroxylation is 1. The highest BCUT2D eigenvalue weighted by atomic mass is 32.1. The summed E-state index contributed by atoms with van der Waals surface area (Å²) in [7, 11) is 1.39. The fourth-order valence-electron chi connectivity index (χ4n) is 1.83. The van der Waals surface area contributed by atoms with E-state index in [9.17, 15) is 4.79 Å². The maximum absolute atomic E-state index is 11.6. The highest BCUT2D eigenvalue weighted by molar-refractivity contribution is 7.11. The van der Waals surface area contributed by atoms with Crippen molar-refractivity contribution in [2.24, 2.45) is 0 Å². The van der Waals surface area contributed by atoms with Gasteiger partial charge in [0.1, 0.15) is 0 Å². The molecule has 2 aromatic rings. The van der Waals surface area contributed by atoms with Crippen LogP contribution in [0.1, 0.15) is 25.8 Å². The van der Waals surface area contributed by atoms with Gasteiger partial charge >= 0.3 is 5.97 Å². The van der Waals surface area contributed by atoms with Crippen LogP contribution in [0.3, 0.4) is 0 Å². The van der Waals surface area contributed by atoms with Gasteiger partial charge in [-0.3, -0.25) is 0 Å². The van der Waals surface area contributed by atoms with Gasteiger partial charge in [-0.25, -0.2) is 9.78 Å². The Balaban J connectivity index is 2.14. The molecule has 100 valence electrons. The maximum atomic E-state index is 11.6. The molecule has 0 saturated heterocycles. The monoisotopic (exact) mass is 276 g/mol. The summed E-state index contributed by atoms with van der Waals surface area (Å²) in [6, 6.07) is 5.57. The Bertz CT molecular complexity index is 593. The summed E-state index contributed by atoms with van der Waals surface area (Å²) in [6.07, 6.45) is 1.87. The summed E-state index contributed by atoms with van der Waals surface area (Å²) >= 11 is 1.66. The molecular formula is C14H16N2O2S. The smallest absolute Gasteiger partial charge is 0.338 e. The van der Waals surface area contributed by atoms with Crippen LogP contribution in [0.5, 0.6) is 0 Å². The van der Waals surface area contributed by atoms with Crippen molar-refractivity contribution in [2.75, 3.05) is 12.4 Å². The van der Waals surface area contributed by atoms with Crippen LogP contribution >= 0.6 is 11.3 Å². The van der Waals surface area contributed by atoms with Crippen LogP contribution in [0, 0.1) is 13.8 Å². The van der Waals surface area contributed by atoms with Gasteiger partial charge in [0.25, 0.3) is 0 Å². The number of anilines is 1. The first-order valence-corrected chi connectivity index (χ1v) is 6.76. The number of nitrogens with zero attached hydrogens (tertiary/aromatic N) is 1. The van der Waals surface area contributed by atoms with Gasteiger partial charge in [0, 0.05) is 16.8 Å². The minimum Gasteiger partial charge on any atom is -0.465 e. The average molecular weight is 276 g/mol. The van der Waals surface area contributed by atoms with Gasteiger partial charge in [-0.05, 0) is 31.5 Å². The average Bonchev–Trinajstić information content (AvgIpc) is 2.82. The van der Waals surface area contributed by atoms with Crippen LogP contribution < -0.4 is 5.32 Å². The van der Waals surface area contributed by atoms with E-state index in [0.29, 0.717) is 12.1 Å². The van der Waals surface area contributed by atoms with E-state index in [1.165, 1.54) is 12.0 Å². The summed E-state index contributed by atoms with van der Waals surface area (Å²) < 4.78 is 4.76. The summed E-state index contributed by atoms with van der Waals surface area (Å²) in [6.45, 7) is 4.60. The van der Waals surface area contributed by atoms with Crippen molar-refractivity contribution in [1.82, 2.24) is 4.98 Å². The lowest BCUT2D eigenvalue weighted by atomic mass is 10.1. The predicted octanol–water partition coefficient (Wildman–Crippen LogP) is 3.16. The molecule has 0 aliphatic heterocycles. The summed E-state index contributed by atoms with van der Waals surface area (Å²) in [4.78, 5) is 17.0. The summed E-state index contributed by atoms with van der Waals surface area (Å²) in [5.41, 5.74) is 2.43. The lowest BCUT2D eigenvalue weighted by Crippen LogP contribution is -2.07. The minimum atomic E-state index is -0.310. The lowest BCUT2D eigenvalue weighted by Gasteiger charge is -2.11. The van der Waals surface area contributed by atoms with Crippen molar-refractivity contribution in [3.63, 3.8) is 0 Å². The number of methoxy groups -OCH3 is 1. The van der Waals surface area contributed by atoms with E-state index in [2.05, 4.69) is 10.3 Å². The zero-order valence-corrected chi connectivity index (χ0v) is 12.0. The van der Waals surface area contributed by atoms with Gasteiger partial charge in [-0.1, -0.05) is 6.07 Å². The van der Waals surface area contributed by atoms with E-state index in [1.807, 2.05) is 32.2 Å². The SMILES string of the molecule is COC(=O)c1cccc(NCc2cnc(C)s2)c1C. The molecule has 0 atom stereocenters. The van der Waals surface area contributed by atoms with Crippen molar-refractivity contribution in [2.45, 2.75) is 20.4 Å². The molecule has 4 nitrogen and oxygen atoms in total. The van der Waals surface area contributed by atoms with Gasteiger partial charge in [0.2, 0.25) is 0 Å². The number of nitrogens with one attached hydrogen (secondary N) is 1. The molecule has 1 aromatic heterocycles. The quantitative estimate of drug-likeness (QED) is 0.872. The van der Waals surface area contributed by atoms with E-state index in [0.717, 1.165) is 16.3 Å². The highest BCUT2D eigenvalue weighted by Crippen LogP contribution is 2.21. The third kappa shape index (κ3) is 3.12. The van der Waals surface area contributed by atoms with Gasteiger partial charge in [-0.2, -0.15) is 0 Å². The molecule has 1 N–H and O–H groups in total. The second-order valence-electron chi connectivity index (χ2n) is 4.17. The van der Waals surface area contributed by atoms with Crippen molar-refractivity contribution in [1.29, 1.82) is 0 Å². The molecule has 0 amide bonds. The van der Waals surface area contributed by atoms with E-state index < -0.39 is 0 Å². The maximum Gasteiger partial charge on any atom is 0.338 e. The molecule has 0 aliphatic carbocycles. The van der Waals surface area contributed by atoms with E-state index in [4.69, 9.17) is 4.74 Å². The molecule has 5 heteroatoms. The topological polar surface area (TPSA) is 51.2 Å². The van der Waals surface area contributed by atoms with E-state index in [1.54, 1.807) is 17.4 Å². The number of aromatic nitrogens is 1. The van der Waals surface area contributed by atoms with Gasteiger partial charge in [0.05, 0.1) is 24.2 Å². The second-order valence-corrected chi connectivity index (χ2v) is 5.49. The molecule has 0 bridgehead atoms. The Labute approximate surface area is 116 Å². The molecule has 2 rings (SSSR count). The zero-order chi connectivity index (χ0) is 13.8. The summed E-state index contributed by atoms with van der Waals surface area (Å²) in [5.74, 6) is -0.310. The molecule has 1 heterocycles. The number of thiazole rings is 1. The van der Waals surface area contributed by atoms with Gasteiger partial charge < -0.3 is 10.1 Å². The third-order valence-corrected chi connectivity index (χ3v) is 3.77. The van der Waals surface area contributed by atoms with Crippen LogP contribution in [-0.4, -0.2) is 18.1 Å². The second kappa shape index (κ2) is 5.84. The van der Waals surface area contributed by atoms with E-state index in [-0.39, 0.29) is 5.97 Å². The molecule has 0 radical (unpaired) electrons. The molecule has 1 aromatic carbocycles. The Morgan fingerprint density at radius 2 is 2.21 bits per heavy atom. The van der Waals surface area contributed by atoms with Crippen LogP contribution in [0.2, 0.25) is 0 Å². The van der Waals surface area contributed by atoms with Crippen molar-refractivity contribution in [3.05, 3.63) is 45.4 Å². The molecule has 0 fully saturated rings. The number of carbonyl (C=O) groups is 1. The Morgan fingerprint density at radius 1 is 1.42 bits per heavy atom. The lowest BCUT2D eigenvalue weighted by molar-refractivity contribution is 0.0600. The molecule has 0 spiro atoms. The highest BCUT2D eigenvalue weighted by Gasteiger charge is 2.11. The number of hydrogen-bond donors (Lipinski definition) is 1. The predicted molar refractivity (Wildman–Crippen MR) is 76.7 cm³/mol. The van der Waals surface area contributed by atoms with Crippen LogP contribution in [0.15, 0.2) is 24.4 Å². The molecular weight excluding hydrogens is 260 g/mol. The van der Waals surface area contributed by atoms with Gasteiger partial charge in [-0.15, -0.1) is 11.3 Å². The van der Waals surface area contributed by atoms with Gasteiger partial charge in [0.15, 0.2) is 0 Å². The minimum absolute atomic E-state index is 0.310. The normalized spacial score (nSPS) is 10.3. The van der Waals surface area contributed by atoms with Crippen molar-refractivity contribution >= 4 is 23.0 Å². The molecule has 0 unspecified atom stereocenters. The number of hydrogen-bond acceptors (Lipinski definition) is 5. The number of benzene rings is 1. The Hall–Kier alpha value is -1.88. The zero-order valence-electron chi connectivity index (χ0n) is 11.2. The first-order valence-electron chi connectivity index (χ1n) is 5.95. The number of ether oxygens (including phenoxy) is 1. The third-order valence-electron chi connectivity index (χ3n) is 2.86. The fourth-order valence-corrected chi connectivity index (χ4v) is 2.56. The van der Waals surface area contributed by atoms with Crippen LogP contribution in [0.25, 0.3) is 0 Å². The van der Waals surface area contributed by atoms with Crippen molar-refractivity contribution in [3.8, 4) is 0 Å². The van der Waals surface area contributed by atoms with Crippen LogP contribution in [0.4, 0.5) is 5.69 Å². The standard InChI is InChI=1S/C14H16N2O2S/c1-9-12(14(17)18-3)5-4-6-13(9)16-8-11-7-15-10(2)19-11/h4-7,16H,8H2,1-3H3. The number of rotatable bonds is 4. The largest absolute Gasteiger partial charge is 0.465 e. The summed E-state index contributed by atoms with van der Waals surface area (Å²) in [5, 5.41) is 4.38. The molecule has 0 aliphatic rings. The molecule has 0 saturated carbocycles. The first-order chi connectivity index (χ1) is 9.11. The van der Waals surface area contributed by atoms with Crippen LogP contribution in [-0.2, 0) is 11.3 Å². The number of carbonyl (C=O) groups excluding carboxylic acids is 1. The fraction of sp³-hybridized carbons (Fsp3) is 0.286. The Morgan fingerprint density at radius 3 is 2.84 bits per heavy atom. The number of esters is 1. The Kier molecular flexibility index (Phi) is 4.16. The van der Waals surface area contributed by atoms with Crippen molar-refractivity contribution < 1.29 is 9.53 Å². The van der Waals surface area contributed by atoms with E-state index >= 15 is 0 Å². The molecule has 19 heavy (non-hydrogen) atoms. The first kappa shape index (κ1) is 13.5.